The average Bonchev–Trinajstić information content (AvgIpc) is 2.08. The summed E-state index contributed by atoms with van der Waals surface area (Å²) in [5, 5.41) is 2.87. The highest BCUT2D eigenvalue weighted by Gasteiger charge is 2.49. The molecular weight excluding hydrogens is 246 g/mol. The van der Waals surface area contributed by atoms with Gasteiger partial charge in [0.2, 0.25) is 0 Å². The molecular formula is C7H16Cl2N2O2P+. The SMILES string of the molecule is CC(Cl)N[P+]1(O)OCCCN1CCCl. The molecule has 84 valence electrons. The van der Waals surface area contributed by atoms with Gasteiger partial charge in [0.05, 0.1) is 13.2 Å². The molecule has 1 fully saturated rings. The average molecular weight is 262 g/mol. The van der Waals surface area contributed by atoms with Crippen molar-refractivity contribution in [3.8, 4) is 0 Å². The Hall–Kier alpha value is 0.850. The molecule has 0 aliphatic carbocycles. The summed E-state index contributed by atoms with van der Waals surface area (Å²) in [6, 6.07) is 0. The van der Waals surface area contributed by atoms with E-state index in [9.17, 15) is 4.89 Å². The molecule has 0 radical (unpaired) electrons. The summed E-state index contributed by atoms with van der Waals surface area (Å²) in [6.45, 7) is 3.74. The van der Waals surface area contributed by atoms with E-state index in [4.69, 9.17) is 27.7 Å². The van der Waals surface area contributed by atoms with Gasteiger partial charge in [0, 0.05) is 12.4 Å². The van der Waals surface area contributed by atoms with E-state index in [1.54, 1.807) is 6.92 Å². The highest BCUT2D eigenvalue weighted by Crippen LogP contribution is 2.57. The third-order valence-electron chi connectivity index (χ3n) is 1.90. The van der Waals surface area contributed by atoms with E-state index >= 15 is 0 Å². The van der Waals surface area contributed by atoms with Crippen LogP contribution in [-0.2, 0) is 4.52 Å². The van der Waals surface area contributed by atoms with Crippen LogP contribution in [0.3, 0.4) is 0 Å². The van der Waals surface area contributed by atoms with Gasteiger partial charge in [0.15, 0.2) is 0 Å². The van der Waals surface area contributed by atoms with Gasteiger partial charge in [0.1, 0.15) is 5.50 Å². The van der Waals surface area contributed by atoms with E-state index in [0.717, 1.165) is 13.0 Å². The highest BCUT2D eigenvalue weighted by atomic mass is 35.5. The lowest BCUT2D eigenvalue weighted by molar-refractivity contribution is 0.177. The summed E-state index contributed by atoms with van der Waals surface area (Å²) in [4.78, 5) is 10.2. The Morgan fingerprint density at radius 2 is 2.43 bits per heavy atom. The fraction of sp³-hybridized carbons (Fsp3) is 1.00. The molecule has 1 aliphatic heterocycles. The van der Waals surface area contributed by atoms with Gasteiger partial charge in [-0.3, -0.25) is 0 Å². The van der Waals surface area contributed by atoms with Crippen molar-refractivity contribution in [2.75, 3.05) is 25.6 Å². The van der Waals surface area contributed by atoms with Crippen LogP contribution in [0, 0.1) is 0 Å². The second-order valence-electron chi connectivity index (χ2n) is 3.12. The van der Waals surface area contributed by atoms with Crippen LogP contribution in [0.2, 0.25) is 0 Å². The lowest BCUT2D eigenvalue weighted by Crippen LogP contribution is -2.41. The third-order valence-corrected chi connectivity index (χ3v) is 4.77. The van der Waals surface area contributed by atoms with E-state index < -0.39 is 8.02 Å². The third kappa shape index (κ3) is 3.46. The van der Waals surface area contributed by atoms with Gasteiger partial charge in [-0.1, -0.05) is 0 Å². The van der Waals surface area contributed by atoms with E-state index in [2.05, 4.69) is 5.09 Å². The zero-order chi connectivity index (χ0) is 10.6. The smallest absolute Gasteiger partial charge is 0.187 e. The van der Waals surface area contributed by atoms with Gasteiger partial charge < -0.3 is 0 Å². The quantitative estimate of drug-likeness (QED) is 0.460. The molecule has 0 aromatic heterocycles. The molecule has 7 heteroatoms. The fourth-order valence-electron chi connectivity index (χ4n) is 1.35. The maximum Gasteiger partial charge on any atom is 0.432 e. The monoisotopic (exact) mass is 261 g/mol. The van der Waals surface area contributed by atoms with E-state index in [-0.39, 0.29) is 5.50 Å². The van der Waals surface area contributed by atoms with Gasteiger partial charge in [-0.2, -0.15) is 9.42 Å². The summed E-state index contributed by atoms with van der Waals surface area (Å²) in [6.07, 6.45) is 0.914. The zero-order valence-corrected chi connectivity index (χ0v) is 10.5. The Morgan fingerprint density at radius 3 is 3.00 bits per heavy atom. The minimum atomic E-state index is -2.68. The van der Waals surface area contributed by atoms with Crippen LogP contribution >= 0.6 is 31.2 Å². The topological polar surface area (TPSA) is 44.7 Å². The maximum absolute atomic E-state index is 10.2. The molecule has 1 heterocycles. The first kappa shape index (κ1) is 12.9. The Labute approximate surface area is 95.1 Å². The molecule has 0 saturated carbocycles. The minimum absolute atomic E-state index is 0.316. The molecule has 2 atom stereocenters. The zero-order valence-electron chi connectivity index (χ0n) is 8.12. The number of nitrogens with zero attached hydrogens (tertiary/aromatic N) is 1. The van der Waals surface area contributed by atoms with Crippen LogP contribution < -0.4 is 5.09 Å². The molecule has 0 bridgehead atoms. The normalized spacial score (nSPS) is 31.7. The van der Waals surface area contributed by atoms with Crippen LogP contribution in [-0.4, -0.2) is 40.6 Å². The van der Waals surface area contributed by atoms with Crippen LogP contribution in [0.5, 0.6) is 0 Å². The number of rotatable bonds is 4. The highest BCUT2D eigenvalue weighted by molar-refractivity contribution is 7.61. The molecule has 2 N–H and O–H groups in total. The largest absolute Gasteiger partial charge is 0.432 e. The van der Waals surface area contributed by atoms with Crippen molar-refractivity contribution in [2.24, 2.45) is 0 Å². The van der Waals surface area contributed by atoms with Crippen molar-refractivity contribution >= 4 is 31.2 Å². The first-order chi connectivity index (χ1) is 6.58. The first-order valence-corrected chi connectivity index (χ1v) is 7.16. The maximum atomic E-state index is 10.2. The molecule has 0 amide bonds. The molecule has 1 saturated heterocycles. The predicted octanol–water partition coefficient (Wildman–Crippen LogP) is 1.79. The van der Waals surface area contributed by atoms with Crippen molar-refractivity contribution in [1.82, 2.24) is 9.76 Å². The lowest BCUT2D eigenvalue weighted by Gasteiger charge is -2.32. The van der Waals surface area contributed by atoms with Crippen LogP contribution in [0.25, 0.3) is 0 Å². The molecule has 4 nitrogen and oxygen atoms in total. The van der Waals surface area contributed by atoms with Crippen LogP contribution in [0.4, 0.5) is 0 Å². The fourth-order valence-corrected chi connectivity index (χ4v) is 4.09. The van der Waals surface area contributed by atoms with Gasteiger partial charge in [0.25, 0.3) is 0 Å². The van der Waals surface area contributed by atoms with Gasteiger partial charge in [-0.05, 0) is 13.3 Å². The van der Waals surface area contributed by atoms with Crippen LogP contribution in [0.1, 0.15) is 13.3 Å². The standard InChI is InChI=1S/C7H16Cl2N2O2P/c1-7(9)10-14(12)11(5-3-8)4-2-6-13-14/h7,10,12H,2-6H2,1H3/q+1. The molecule has 1 rings (SSSR count). The summed E-state index contributed by atoms with van der Waals surface area (Å²) >= 11 is 11.4. The van der Waals surface area contributed by atoms with E-state index in [1.165, 1.54) is 0 Å². The van der Waals surface area contributed by atoms with Gasteiger partial charge in [-0.25, -0.2) is 0 Å². The number of hydrogen-bond acceptors (Lipinski definition) is 4. The summed E-state index contributed by atoms with van der Waals surface area (Å²) in [5.74, 6) is 0.476. The molecule has 0 spiro atoms. The number of nitrogens with one attached hydrogen (secondary N) is 1. The van der Waals surface area contributed by atoms with E-state index in [0.29, 0.717) is 19.0 Å². The van der Waals surface area contributed by atoms with Crippen molar-refractivity contribution in [1.29, 1.82) is 0 Å². The molecule has 1 aliphatic rings. The molecule has 0 aromatic carbocycles. The van der Waals surface area contributed by atoms with Crippen molar-refractivity contribution < 1.29 is 9.42 Å². The van der Waals surface area contributed by atoms with Gasteiger partial charge >= 0.3 is 8.02 Å². The molecule has 0 aromatic rings. The molecule has 14 heavy (non-hydrogen) atoms. The first-order valence-electron chi connectivity index (χ1n) is 4.58. The number of alkyl halides is 2. The summed E-state index contributed by atoms with van der Waals surface area (Å²) < 4.78 is 7.23. The summed E-state index contributed by atoms with van der Waals surface area (Å²) in [7, 11) is -2.68. The van der Waals surface area contributed by atoms with Crippen molar-refractivity contribution in [3.63, 3.8) is 0 Å². The Balaban J connectivity index is 2.59. The molecule has 2 unspecified atom stereocenters. The van der Waals surface area contributed by atoms with Crippen molar-refractivity contribution in [2.45, 2.75) is 18.8 Å². The van der Waals surface area contributed by atoms with Gasteiger partial charge in [-0.15, -0.1) is 33.0 Å². The summed E-state index contributed by atoms with van der Waals surface area (Å²) in [5.41, 5.74) is -0.316. The predicted molar refractivity (Wildman–Crippen MR) is 60.5 cm³/mol. The van der Waals surface area contributed by atoms with E-state index in [1.807, 2.05) is 4.67 Å². The number of halogens is 2. The lowest BCUT2D eigenvalue weighted by atomic mass is 10.4. The second kappa shape index (κ2) is 5.80. The van der Waals surface area contributed by atoms with Crippen LogP contribution in [0.15, 0.2) is 0 Å². The Morgan fingerprint density at radius 1 is 1.71 bits per heavy atom. The minimum Gasteiger partial charge on any atom is -0.187 e. The number of hydrogen-bond donors (Lipinski definition) is 2. The second-order valence-corrected chi connectivity index (χ2v) is 6.32. The Kier molecular flexibility index (Phi) is 5.36. The van der Waals surface area contributed by atoms with Crippen molar-refractivity contribution in [3.05, 3.63) is 0 Å². The Bertz CT molecular complexity index is 185.